The highest BCUT2D eigenvalue weighted by Crippen LogP contribution is 2.35. The van der Waals surface area contributed by atoms with Gasteiger partial charge >= 0.3 is 6.18 Å². The molecule has 0 atom stereocenters. The Hall–Kier alpha value is -3.05. The molecular weight excluding hydrogens is 449 g/mol. The minimum atomic E-state index is -4.53. The molecule has 2 amide bonds. The van der Waals surface area contributed by atoms with Gasteiger partial charge in [0.15, 0.2) is 10.3 Å². The standard InChI is InChI=1S/C20H17F3N4O2S2/c1-11-12(2)31-18(24-11)26-17(29)8-7-15-10-30-19(25-15)27(13(3)28)16-6-4-5-14(9-16)20(21,22)23/h4-10H,1-3H3,(H,24,26,29)/b8-7+. The summed E-state index contributed by atoms with van der Waals surface area (Å²) in [5, 5.41) is 4.93. The Morgan fingerprint density at radius 1 is 1.19 bits per heavy atom. The van der Waals surface area contributed by atoms with E-state index in [2.05, 4.69) is 15.3 Å². The molecule has 0 saturated heterocycles. The quantitative estimate of drug-likeness (QED) is 0.499. The molecule has 0 spiro atoms. The van der Waals surface area contributed by atoms with E-state index in [4.69, 9.17) is 0 Å². The van der Waals surface area contributed by atoms with Crippen molar-refractivity contribution in [1.82, 2.24) is 9.97 Å². The molecule has 31 heavy (non-hydrogen) atoms. The number of nitrogens with one attached hydrogen (secondary N) is 1. The van der Waals surface area contributed by atoms with Gasteiger partial charge in [-0.05, 0) is 38.1 Å². The lowest BCUT2D eigenvalue weighted by Gasteiger charge is -2.19. The summed E-state index contributed by atoms with van der Waals surface area (Å²) in [5.41, 5.74) is 0.420. The molecule has 0 aliphatic carbocycles. The Morgan fingerprint density at radius 3 is 2.55 bits per heavy atom. The lowest BCUT2D eigenvalue weighted by atomic mass is 10.2. The second kappa shape index (κ2) is 8.98. The summed E-state index contributed by atoms with van der Waals surface area (Å²) in [6, 6.07) is 4.46. The summed E-state index contributed by atoms with van der Waals surface area (Å²) in [6.07, 6.45) is -1.81. The minimum Gasteiger partial charge on any atom is -0.298 e. The van der Waals surface area contributed by atoms with Crippen LogP contribution in [0.4, 0.5) is 29.1 Å². The van der Waals surface area contributed by atoms with Crippen LogP contribution in [0, 0.1) is 13.8 Å². The monoisotopic (exact) mass is 466 g/mol. The van der Waals surface area contributed by atoms with Crippen molar-refractivity contribution >= 4 is 56.5 Å². The van der Waals surface area contributed by atoms with Crippen molar-refractivity contribution in [3.63, 3.8) is 0 Å². The highest BCUT2D eigenvalue weighted by molar-refractivity contribution is 7.15. The van der Waals surface area contributed by atoms with Crippen LogP contribution in [0.2, 0.25) is 0 Å². The lowest BCUT2D eigenvalue weighted by molar-refractivity contribution is -0.137. The smallest absolute Gasteiger partial charge is 0.298 e. The third kappa shape index (κ3) is 5.56. The molecule has 0 aliphatic rings. The molecule has 2 aromatic heterocycles. The van der Waals surface area contributed by atoms with Gasteiger partial charge in [0.25, 0.3) is 0 Å². The first-order valence-corrected chi connectivity index (χ1v) is 10.6. The van der Waals surface area contributed by atoms with Gasteiger partial charge in [0, 0.05) is 23.3 Å². The van der Waals surface area contributed by atoms with Crippen LogP contribution in [0.1, 0.15) is 28.8 Å². The van der Waals surface area contributed by atoms with Gasteiger partial charge in [-0.15, -0.1) is 22.7 Å². The molecule has 0 saturated carbocycles. The number of anilines is 3. The van der Waals surface area contributed by atoms with Crippen LogP contribution >= 0.6 is 22.7 Å². The number of hydrogen-bond acceptors (Lipinski definition) is 6. The van der Waals surface area contributed by atoms with Gasteiger partial charge in [0.05, 0.1) is 22.6 Å². The van der Waals surface area contributed by atoms with Crippen LogP contribution in [0.3, 0.4) is 0 Å². The number of hydrogen-bond donors (Lipinski definition) is 1. The predicted molar refractivity (Wildman–Crippen MR) is 116 cm³/mol. The third-order valence-corrected chi connectivity index (χ3v) is 5.94. The summed E-state index contributed by atoms with van der Waals surface area (Å²) < 4.78 is 39.1. The van der Waals surface area contributed by atoms with Crippen LogP contribution in [0.15, 0.2) is 35.7 Å². The average Bonchev–Trinajstić information content (AvgIpc) is 3.26. The van der Waals surface area contributed by atoms with Crippen molar-refractivity contribution in [3.05, 3.63) is 57.6 Å². The van der Waals surface area contributed by atoms with Crippen molar-refractivity contribution in [1.29, 1.82) is 0 Å². The van der Waals surface area contributed by atoms with Crippen LogP contribution in [0.5, 0.6) is 0 Å². The number of benzene rings is 1. The molecule has 3 aromatic rings. The maximum absolute atomic E-state index is 13.0. The van der Waals surface area contributed by atoms with E-state index in [0.29, 0.717) is 10.8 Å². The van der Waals surface area contributed by atoms with E-state index >= 15 is 0 Å². The number of halogens is 3. The fourth-order valence-corrected chi connectivity index (χ4v) is 4.21. The van der Waals surface area contributed by atoms with E-state index in [1.54, 1.807) is 5.38 Å². The van der Waals surface area contributed by atoms with Crippen LogP contribution in [-0.4, -0.2) is 21.8 Å². The molecule has 3 rings (SSSR count). The van der Waals surface area contributed by atoms with Gasteiger partial charge < -0.3 is 0 Å². The lowest BCUT2D eigenvalue weighted by Crippen LogP contribution is -2.23. The van der Waals surface area contributed by atoms with Crippen LogP contribution < -0.4 is 10.2 Å². The topological polar surface area (TPSA) is 75.2 Å². The number of aryl methyl sites for hydroxylation is 2. The summed E-state index contributed by atoms with van der Waals surface area (Å²) in [7, 11) is 0. The molecule has 0 fully saturated rings. The van der Waals surface area contributed by atoms with Gasteiger partial charge in [-0.1, -0.05) is 6.07 Å². The van der Waals surface area contributed by atoms with E-state index in [-0.39, 0.29) is 10.8 Å². The van der Waals surface area contributed by atoms with E-state index in [9.17, 15) is 22.8 Å². The fraction of sp³-hybridized carbons (Fsp3) is 0.200. The molecule has 0 bridgehead atoms. The molecule has 0 aliphatic heterocycles. The number of rotatable bonds is 5. The molecule has 2 heterocycles. The van der Waals surface area contributed by atoms with Crippen molar-refractivity contribution < 1.29 is 22.8 Å². The fourth-order valence-electron chi connectivity index (χ4n) is 2.54. The summed E-state index contributed by atoms with van der Waals surface area (Å²) >= 11 is 2.44. The zero-order valence-corrected chi connectivity index (χ0v) is 18.3. The highest BCUT2D eigenvalue weighted by Gasteiger charge is 2.31. The Labute approximate surface area is 184 Å². The van der Waals surface area contributed by atoms with Gasteiger partial charge in [0.1, 0.15) is 0 Å². The molecule has 1 aromatic carbocycles. The zero-order valence-electron chi connectivity index (χ0n) is 16.6. The summed E-state index contributed by atoms with van der Waals surface area (Å²) in [6.45, 7) is 4.99. The normalized spacial score (nSPS) is 11.7. The number of carbonyl (C=O) groups is 2. The summed E-state index contributed by atoms with van der Waals surface area (Å²) in [5.74, 6) is -0.888. The van der Waals surface area contributed by atoms with E-state index < -0.39 is 23.6 Å². The molecule has 1 N–H and O–H groups in total. The molecular formula is C20H17F3N4O2S2. The van der Waals surface area contributed by atoms with Crippen molar-refractivity contribution in [2.75, 3.05) is 10.2 Å². The number of thiazole rings is 2. The number of aromatic nitrogens is 2. The summed E-state index contributed by atoms with van der Waals surface area (Å²) in [4.78, 5) is 34.8. The maximum atomic E-state index is 13.0. The molecule has 0 radical (unpaired) electrons. The maximum Gasteiger partial charge on any atom is 0.416 e. The highest BCUT2D eigenvalue weighted by atomic mass is 32.1. The number of alkyl halides is 3. The first kappa shape index (κ1) is 22.6. The van der Waals surface area contributed by atoms with Crippen molar-refractivity contribution in [2.45, 2.75) is 26.9 Å². The molecule has 162 valence electrons. The Bertz CT molecular complexity index is 1130. The average molecular weight is 467 g/mol. The third-order valence-electron chi connectivity index (χ3n) is 4.11. The Morgan fingerprint density at radius 2 is 1.94 bits per heavy atom. The van der Waals surface area contributed by atoms with E-state index in [1.807, 2.05) is 13.8 Å². The minimum absolute atomic E-state index is 0.0551. The Balaban J connectivity index is 1.78. The van der Waals surface area contributed by atoms with Crippen molar-refractivity contribution in [3.8, 4) is 0 Å². The number of amides is 2. The second-order valence-corrected chi connectivity index (χ2v) is 8.48. The predicted octanol–water partition coefficient (Wildman–Crippen LogP) is 5.57. The van der Waals surface area contributed by atoms with Gasteiger partial charge in [-0.2, -0.15) is 13.2 Å². The first-order valence-electron chi connectivity index (χ1n) is 8.91. The molecule has 0 unspecified atom stereocenters. The number of nitrogens with zero attached hydrogens (tertiary/aromatic N) is 3. The van der Waals surface area contributed by atoms with E-state index in [1.165, 1.54) is 42.5 Å². The van der Waals surface area contributed by atoms with Crippen molar-refractivity contribution in [2.24, 2.45) is 0 Å². The van der Waals surface area contributed by atoms with Gasteiger partial charge in [-0.3, -0.25) is 19.8 Å². The first-order chi connectivity index (χ1) is 14.5. The largest absolute Gasteiger partial charge is 0.416 e. The Kier molecular flexibility index (Phi) is 6.56. The number of carbonyl (C=O) groups excluding carboxylic acids is 2. The van der Waals surface area contributed by atoms with Crippen LogP contribution in [0.25, 0.3) is 6.08 Å². The zero-order chi connectivity index (χ0) is 22.8. The van der Waals surface area contributed by atoms with Crippen LogP contribution in [-0.2, 0) is 15.8 Å². The van der Waals surface area contributed by atoms with Gasteiger partial charge in [-0.25, -0.2) is 9.97 Å². The SMILES string of the molecule is CC(=O)N(c1cccc(C(F)(F)F)c1)c1nc(/C=C/C(=O)Nc2nc(C)c(C)s2)cs1. The second-order valence-electron chi connectivity index (χ2n) is 6.44. The molecule has 6 nitrogen and oxygen atoms in total. The van der Waals surface area contributed by atoms with E-state index in [0.717, 1.165) is 38.9 Å². The molecule has 11 heteroatoms. The van der Waals surface area contributed by atoms with Gasteiger partial charge in [0.2, 0.25) is 11.8 Å².